The molecule has 4 rings (SSSR count). The minimum Gasteiger partial charge on any atom is -0.490 e. The summed E-state index contributed by atoms with van der Waals surface area (Å²) in [7, 11) is 0. The molecule has 34 heavy (non-hydrogen) atoms. The highest BCUT2D eigenvalue weighted by Gasteiger charge is 2.22. The van der Waals surface area contributed by atoms with Gasteiger partial charge in [0.25, 0.3) is 0 Å². The topological polar surface area (TPSA) is 9.23 Å². The minimum absolute atomic E-state index is 0.670. The second-order valence-electron chi connectivity index (χ2n) is 11.0. The quantitative estimate of drug-likeness (QED) is 0.322. The van der Waals surface area contributed by atoms with Gasteiger partial charge in [-0.05, 0) is 104 Å². The van der Waals surface area contributed by atoms with Crippen molar-refractivity contribution >= 4 is 0 Å². The van der Waals surface area contributed by atoms with E-state index in [2.05, 4.69) is 74.5 Å². The Kier molecular flexibility index (Phi) is 9.72. The molecule has 2 aromatic carbocycles. The summed E-state index contributed by atoms with van der Waals surface area (Å²) in [6.45, 7) is 5.30. The van der Waals surface area contributed by atoms with Gasteiger partial charge in [0.2, 0.25) is 0 Å². The van der Waals surface area contributed by atoms with E-state index >= 15 is 0 Å². The van der Waals surface area contributed by atoms with E-state index in [1.807, 2.05) is 0 Å². The Bertz CT molecular complexity index is 846. The van der Waals surface area contributed by atoms with Crippen LogP contribution in [0, 0.1) is 17.8 Å². The fraction of sp³-hybridized carbons (Fsp3) is 0.576. The second kappa shape index (κ2) is 13.2. The predicted octanol–water partition coefficient (Wildman–Crippen LogP) is 9.97. The van der Waals surface area contributed by atoms with Crippen LogP contribution in [-0.4, -0.2) is 6.61 Å². The van der Waals surface area contributed by atoms with Crippen molar-refractivity contribution in [1.29, 1.82) is 0 Å². The molecule has 0 unspecified atom stereocenters. The number of hydrogen-bond donors (Lipinski definition) is 0. The van der Waals surface area contributed by atoms with E-state index < -0.39 is 0 Å². The van der Waals surface area contributed by atoms with Crippen LogP contribution in [0.25, 0.3) is 11.1 Å². The number of ether oxygens (including phenoxy) is 1. The zero-order valence-electron chi connectivity index (χ0n) is 21.7. The normalized spacial score (nSPS) is 25.5. The fourth-order valence-corrected chi connectivity index (χ4v) is 6.35. The Morgan fingerprint density at radius 3 is 1.76 bits per heavy atom. The van der Waals surface area contributed by atoms with Gasteiger partial charge in [-0.15, -0.1) is 0 Å². The lowest BCUT2D eigenvalue weighted by Crippen LogP contribution is -2.13. The Morgan fingerprint density at radius 1 is 0.676 bits per heavy atom. The Balaban J connectivity index is 1.21. The maximum Gasteiger partial charge on any atom is 0.119 e. The molecule has 2 aliphatic carbocycles. The Hall–Kier alpha value is -2.02. The van der Waals surface area contributed by atoms with Crippen LogP contribution in [0.3, 0.4) is 0 Å². The van der Waals surface area contributed by atoms with Gasteiger partial charge in [-0.3, -0.25) is 0 Å². The maximum absolute atomic E-state index is 5.99. The molecule has 0 aromatic heterocycles. The van der Waals surface area contributed by atoms with Crippen molar-refractivity contribution < 1.29 is 4.74 Å². The van der Waals surface area contributed by atoms with Crippen LogP contribution >= 0.6 is 0 Å². The summed E-state index contributed by atoms with van der Waals surface area (Å²) in [6, 6.07) is 18.0. The van der Waals surface area contributed by atoms with Gasteiger partial charge < -0.3 is 4.74 Å². The van der Waals surface area contributed by atoms with Crippen molar-refractivity contribution in [2.45, 2.75) is 96.8 Å². The number of benzene rings is 2. The molecule has 1 nitrogen and oxygen atoms in total. The van der Waals surface area contributed by atoms with Crippen LogP contribution in [0.2, 0.25) is 0 Å². The zero-order valence-corrected chi connectivity index (χ0v) is 21.7. The smallest absolute Gasteiger partial charge is 0.119 e. The standard InChI is InChI=1S/C33H46O/c1-3-6-26-9-11-28(12-10-26)8-5-25-34-33-23-21-32(22-24-33)31-19-17-30(18-20-31)29-15-13-27(7-4-2)14-16-29/h5,8,17-24,26-29H,3-4,6-7,9-16,25H2,1-2H3. The first-order valence-corrected chi connectivity index (χ1v) is 14.2. The molecular weight excluding hydrogens is 412 g/mol. The molecule has 0 heterocycles. The van der Waals surface area contributed by atoms with Crippen LogP contribution in [0.5, 0.6) is 5.75 Å². The molecule has 0 spiro atoms. The molecule has 0 saturated heterocycles. The van der Waals surface area contributed by atoms with Crippen molar-refractivity contribution in [3.63, 3.8) is 0 Å². The van der Waals surface area contributed by atoms with Crippen molar-refractivity contribution in [2.75, 3.05) is 6.61 Å². The summed E-state index contributed by atoms with van der Waals surface area (Å²) in [6.07, 6.45) is 21.2. The fourth-order valence-electron chi connectivity index (χ4n) is 6.35. The summed E-state index contributed by atoms with van der Waals surface area (Å²) in [5.41, 5.74) is 4.10. The first-order valence-electron chi connectivity index (χ1n) is 14.2. The van der Waals surface area contributed by atoms with Gasteiger partial charge in [-0.1, -0.05) is 88.1 Å². The molecule has 2 aromatic rings. The van der Waals surface area contributed by atoms with Crippen LogP contribution in [-0.2, 0) is 0 Å². The van der Waals surface area contributed by atoms with E-state index in [1.165, 1.54) is 93.7 Å². The third kappa shape index (κ3) is 7.24. The van der Waals surface area contributed by atoms with E-state index in [4.69, 9.17) is 4.74 Å². The molecule has 2 saturated carbocycles. The predicted molar refractivity (Wildman–Crippen MR) is 146 cm³/mol. The van der Waals surface area contributed by atoms with Crippen LogP contribution < -0.4 is 4.74 Å². The molecule has 0 N–H and O–H groups in total. The van der Waals surface area contributed by atoms with E-state index in [0.29, 0.717) is 6.61 Å². The highest BCUT2D eigenvalue weighted by molar-refractivity contribution is 5.64. The zero-order chi connectivity index (χ0) is 23.6. The summed E-state index contributed by atoms with van der Waals surface area (Å²) < 4.78 is 5.99. The highest BCUT2D eigenvalue weighted by atomic mass is 16.5. The monoisotopic (exact) mass is 458 g/mol. The van der Waals surface area contributed by atoms with Gasteiger partial charge in [-0.25, -0.2) is 0 Å². The van der Waals surface area contributed by atoms with Crippen molar-refractivity contribution in [3.05, 3.63) is 66.2 Å². The number of rotatable bonds is 10. The first kappa shape index (κ1) is 25.1. The van der Waals surface area contributed by atoms with E-state index in [-0.39, 0.29) is 0 Å². The Labute approximate surface area is 209 Å². The van der Waals surface area contributed by atoms with Gasteiger partial charge in [0, 0.05) is 0 Å². The molecule has 1 heteroatoms. The highest BCUT2D eigenvalue weighted by Crippen LogP contribution is 2.38. The van der Waals surface area contributed by atoms with Crippen molar-refractivity contribution in [1.82, 2.24) is 0 Å². The molecule has 0 aliphatic heterocycles. The average molecular weight is 459 g/mol. The Morgan fingerprint density at radius 2 is 1.21 bits per heavy atom. The molecule has 2 aliphatic rings. The third-order valence-electron chi connectivity index (χ3n) is 8.46. The average Bonchev–Trinajstić information content (AvgIpc) is 2.89. The molecule has 0 radical (unpaired) electrons. The van der Waals surface area contributed by atoms with Gasteiger partial charge in [0.1, 0.15) is 12.4 Å². The molecule has 184 valence electrons. The van der Waals surface area contributed by atoms with E-state index in [9.17, 15) is 0 Å². The summed E-state index contributed by atoms with van der Waals surface area (Å²) >= 11 is 0. The second-order valence-corrected chi connectivity index (χ2v) is 11.0. The summed E-state index contributed by atoms with van der Waals surface area (Å²) in [5.74, 6) is 4.43. The van der Waals surface area contributed by atoms with Gasteiger partial charge in [0.15, 0.2) is 0 Å². The van der Waals surface area contributed by atoms with Crippen molar-refractivity contribution in [2.24, 2.45) is 17.8 Å². The van der Waals surface area contributed by atoms with Crippen molar-refractivity contribution in [3.8, 4) is 16.9 Å². The molecule has 0 atom stereocenters. The lowest BCUT2D eigenvalue weighted by molar-refractivity contribution is 0.292. The SMILES string of the molecule is CCCC1CCC(C=CCOc2ccc(-c3ccc(C4CCC(CCC)CC4)cc3)cc2)CC1. The third-order valence-corrected chi connectivity index (χ3v) is 8.46. The minimum atomic E-state index is 0.670. The van der Waals surface area contributed by atoms with Gasteiger partial charge >= 0.3 is 0 Å². The number of hydrogen-bond acceptors (Lipinski definition) is 1. The largest absolute Gasteiger partial charge is 0.490 e. The van der Waals surface area contributed by atoms with Crippen LogP contribution in [0.15, 0.2) is 60.7 Å². The first-order chi connectivity index (χ1) is 16.7. The lowest BCUT2D eigenvalue weighted by Gasteiger charge is -2.28. The van der Waals surface area contributed by atoms with E-state index in [1.54, 1.807) is 0 Å². The molecular formula is C33H46O. The van der Waals surface area contributed by atoms with Gasteiger partial charge in [0.05, 0.1) is 0 Å². The maximum atomic E-state index is 5.99. The molecule has 2 fully saturated rings. The summed E-state index contributed by atoms with van der Waals surface area (Å²) in [5, 5.41) is 0. The molecule has 0 amide bonds. The molecule has 0 bridgehead atoms. The van der Waals surface area contributed by atoms with Crippen LogP contribution in [0.1, 0.15) is 102 Å². The van der Waals surface area contributed by atoms with E-state index in [0.717, 1.165) is 29.4 Å². The summed E-state index contributed by atoms with van der Waals surface area (Å²) in [4.78, 5) is 0. The number of allylic oxidation sites excluding steroid dienone is 1. The van der Waals surface area contributed by atoms with Crippen LogP contribution in [0.4, 0.5) is 0 Å². The van der Waals surface area contributed by atoms with Gasteiger partial charge in [-0.2, -0.15) is 0 Å². The lowest BCUT2D eigenvalue weighted by atomic mass is 9.77.